The first-order chi connectivity index (χ1) is 8.15. The number of nitrogens with one attached hydrogen (secondary N) is 1. The molecule has 0 aliphatic heterocycles. The van der Waals surface area contributed by atoms with E-state index in [1.807, 2.05) is 0 Å². The Morgan fingerprint density at radius 2 is 2.24 bits per heavy atom. The topological polar surface area (TPSA) is 46.9 Å². The number of halogens is 1. The van der Waals surface area contributed by atoms with Crippen molar-refractivity contribution >= 4 is 17.5 Å². The number of rotatable bonds is 3. The molecule has 0 unspecified atom stereocenters. The summed E-state index contributed by atoms with van der Waals surface area (Å²) in [6, 6.07) is 1.73. The van der Waals surface area contributed by atoms with Crippen molar-refractivity contribution in [3.05, 3.63) is 18.0 Å². The fourth-order valence-electron chi connectivity index (χ4n) is 2.19. The lowest BCUT2D eigenvalue weighted by atomic mass is 9.89. The molecule has 1 N–H and O–H groups in total. The average Bonchev–Trinajstić information content (AvgIpc) is 2.75. The lowest BCUT2D eigenvalue weighted by Crippen LogP contribution is -2.31. The minimum absolute atomic E-state index is 0.0846. The minimum Gasteiger partial charge on any atom is -0.350 e. The molecule has 0 atom stereocenters. The van der Waals surface area contributed by atoms with Gasteiger partial charge in [-0.2, -0.15) is 5.10 Å². The monoisotopic (exact) mass is 255 g/mol. The zero-order valence-electron chi connectivity index (χ0n) is 10.0. The van der Waals surface area contributed by atoms with E-state index in [0.29, 0.717) is 17.0 Å². The van der Waals surface area contributed by atoms with Crippen LogP contribution in [0.5, 0.6) is 0 Å². The number of aromatic nitrogens is 2. The standard InChI is InChI=1S/C12H18ClN3O/c1-16-7-6-11(15-16)12(17)14-8-9-2-4-10(13)5-3-9/h6-7,9-10H,2-5,8H2,1H3,(H,14,17). The third-order valence-corrected chi connectivity index (χ3v) is 3.71. The van der Waals surface area contributed by atoms with E-state index >= 15 is 0 Å². The van der Waals surface area contributed by atoms with Crippen molar-refractivity contribution in [1.82, 2.24) is 15.1 Å². The molecule has 1 fully saturated rings. The molecule has 0 bridgehead atoms. The van der Waals surface area contributed by atoms with E-state index in [4.69, 9.17) is 11.6 Å². The highest BCUT2D eigenvalue weighted by Crippen LogP contribution is 2.26. The number of nitrogens with zero attached hydrogens (tertiary/aromatic N) is 2. The summed E-state index contributed by atoms with van der Waals surface area (Å²) in [6.07, 6.45) is 6.11. The molecule has 4 nitrogen and oxygen atoms in total. The number of carbonyl (C=O) groups is 1. The van der Waals surface area contributed by atoms with Crippen LogP contribution in [0.4, 0.5) is 0 Å². The smallest absolute Gasteiger partial charge is 0.271 e. The normalized spacial score (nSPS) is 24.6. The van der Waals surface area contributed by atoms with Crippen LogP contribution in [0.15, 0.2) is 12.3 Å². The van der Waals surface area contributed by atoms with Crippen molar-refractivity contribution in [2.24, 2.45) is 13.0 Å². The van der Waals surface area contributed by atoms with Crippen LogP contribution in [-0.2, 0) is 7.05 Å². The Kier molecular flexibility index (Phi) is 4.05. The largest absolute Gasteiger partial charge is 0.350 e. The van der Waals surface area contributed by atoms with Crippen molar-refractivity contribution in [3.63, 3.8) is 0 Å². The molecule has 1 heterocycles. The number of aryl methyl sites for hydroxylation is 1. The van der Waals surface area contributed by atoms with Gasteiger partial charge in [0.2, 0.25) is 0 Å². The molecule has 94 valence electrons. The molecular formula is C12H18ClN3O. The maximum Gasteiger partial charge on any atom is 0.271 e. The highest BCUT2D eigenvalue weighted by molar-refractivity contribution is 6.20. The first kappa shape index (κ1) is 12.4. The molecule has 2 rings (SSSR count). The fraction of sp³-hybridized carbons (Fsp3) is 0.667. The predicted molar refractivity (Wildman–Crippen MR) is 67.1 cm³/mol. The van der Waals surface area contributed by atoms with Gasteiger partial charge in [-0.15, -0.1) is 11.6 Å². The molecule has 1 saturated carbocycles. The van der Waals surface area contributed by atoms with Crippen LogP contribution < -0.4 is 5.32 Å². The zero-order chi connectivity index (χ0) is 12.3. The minimum atomic E-state index is -0.0846. The van der Waals surface area contributed by atoms with E-state index in [0.717, 1.165) is 32.2 Å². The van der Waals surface area contributed by atoms with Crippen LogP contribution in [0, 0.1) is 5.92 Å². The Labute approximate surface area is 106 Å². The summed E-state index contributed by atoms with van der Waals surface area (Å²) in [7, 11) is 1.80. The molecule has 0 saturated heterocycles. The van der Waals surface area contributed by atoms with Gasteiger partial charge in [-0.25, -0.2) is 0 Å². The Balaban J connectivity index is 1.76. The Hall–Kier alpha value is -1.03. The van der Waals surface area contributed by atoms with E-state index in [9.17, 15) is 4.79 Å². The van der Waals surface area contributed by atoms with Crippen LogP contribution >= 0.6 is 11.6 Å². The number of amides is 1. The van der Waals surface area contributed by atoms with E-state index < -0.39 is 0 Å². The van der Waals surface area contributed by atoms with Crippen LogP contribution in [-0.4, -0.2) is 27.6 Å². The van der Waals surface area contributed by atoms with Crippen molar-refractivity contribution in [1.29, 1.82) is 0 Å². The van der Waals surface area contributed by atoms with Gasteiger partial charge in [-0.05, 0) is 37.7 Å². The molecule has 0 aromatic carbocycles. The molecular weight excluding hydrogens is 238 g/mol. The molecule has 1 aromatic heterocycles. The lowest BCUT2D eigenvalue weighted by Gasteiger charge is -2.24. The second-order valence-electron chi connectivity index (χ2n) is 4.70. The van der Waals surface area contributed by atoms with Crippen molar-refractivity contribution < 1.29 is 4.79 Å². The Morgan fingerprint density at radius 3 is 2.82 bits per heavy atom. The Morgan fingerprint density at radius 1 is 1.53 bits per heavy atom. The van der Waals surface area contributed by atoms with Gasteiger partial charge in [0.05, 0.1) is 0 Å². The van der Waals surface area contributed by atoms with Gasteiger partial charge < -0.3 is 5.32 Å². The van der Waals surface area contributed by atoms with Crippen LogP contribution in [0.2, 0.25) is 0 Å². The Bertz CT molecular complexity index is 383. The summed E-state index contributed by atoms with van der Waals surface area (Å²) in [5.74, 6) is 0.483. The summed E-state index contributed by atoms with van der Waals surface area (Å²) in [5, 5.41) is 7.34. The zero-order valence-corrected chi connectivity index (χ0v) is 10.8. The third kappa shape index (κ3) is 3.46. The molecule has 0 spiro atoms. The first-order valence-electron chi connectivity index (χ1n) is 6.07. The number of alkyl halides is 1. The summed E-state index contributed by atoms with van der Waals surface area (Å²) in [6.45, 7) is 0.735. The van der Waals surface area contributed by atoms with Gasteiger partial charge in [0.1, 0.15) is 5.69 Å². The number of carbonyl (C=O) groups excluding carboxylic acids is 1. The number of hydrogen-bond acceptors (Lipinski definition) is 2. The molecule has 1 aromatic rings. The molecule has 1 amide bonds. The molecule has 1 aliphatic rings. The van der Waals surface area contributed by atoms with Crippen molar-refractivity contribution in [2.45, 2.75) is 31.1 Å². The highest BCUT2D eigenvalue weighted by Gasteiger charge is 2.20. The summed E-state index contributed by atoms with van der Waals surface area (Å²) in [5.41, 5.74) is 0.485. The molecule has 1 aliphatic carbocycles. The van der Waals surface area contributed by atoms with Gasteiger partial charge in [0, 0.05) is 25.2 Å². The first-order valence-corrected chi connectivity index (χ1v) is 6.50. The summed E-state index contributed by atoms with van der Waals surface area (Å²) < 4.78 is 1.63. The summed E-state index contributed by atoms with van der Waals surface area (Å²) in [4.78, 5) is 11.8. The second-order valence-corrected chi connectivity index (χ2v) is 5.32. The quantitative estimate of drug-likeness (QED) is 0.840. The van der Waals surface area contributed by atoms with Crippen LogP contribution in [0.1, 0.15) is 36.2 Å². The van der Waals surface area contributed by atoms with Gasteiger partial charge in [-0.3, -0.25) is 9.48 Å². The highest BCUT2D eigenvalue weighted by atomic mass is 35.5. The molecule has 17 heavy (non-hydrogen) atoms. The van der Waals surface area contributed by atoms with Crippen molar-refractivity contribution in [3.8, 4) is 0 Å². The molecule has 0 radical (unpaired) electrons. The molecule has 5 heteroatoms. The third-order valence-electron chi connectivity index (χ3n) is 3.27. The average molecular weight is 256 g/mol. The van der Waals surface area contributed by atoms with Crippen LogP contribution in [0.25, 0.3) is 0 Å². The van der Waals surface area contributed by atoms with E-state index in [-0.39, 0.29) is 5.91 Å². The number of hydrogen-bond donors (Lipinski definition) is 1. The van der Waals surface area contributed by atoms with Gasteiger partial charge >= 0.3 is 0 Å². The van der Waals surface area contributed by atoms with Gasteiger partial charge in [0.15, 0.2) is 0 Å². The maximum atomic E-state index is 11.8. The van der Waals surface area contributed by atoms with E-state index in [1.165, 1.54) is 0 Å². The van der Waals surface area contributed by atoms with E-state index in [1.54, 1.807) is 24.0 Å². The fourth-order valence-corrected chi connectivity index (χ4v) is 2.44. The predicted octanol–water partition coefficient (Wildman–Crippen LogP) is 1.95. The SMILES string of the molecule is Cn1ccc(C(=O)NCC2CCC(Cl)CC2)n1. The van der Waals surface area contributed by atoms with Gasteiger partial charge in [0.25, 0.3) is 5.91 Å². The van der Waals surface area contributed by atoms with Gasteiger partial charge in [-0.1, -0.05) is 0 Å². The second kappa shape index (κ2) is 5.54. The maximum absolute atomic E-state index is 11.8. The van der Waals surface area contributed by atoms with Crippen molar-refractivity contribution in [2.75, 3.05) is 6.54 Å². The summed E-state index contributed by atoms with van der Waals surface area (Å²) >= 11 is 6.04. The van der Waals surface area contributed by atoms with Crippen LogP contribution in [0.3, 0.4) is 0 Å². The lowest BCUT2D eigenvalue weighted by molar-refractivity contribution is 0.0938. The van der Waals surface area contributed by atoms with E-state index in [2.05, 4.69) is 10.4 Å².